The maximum absolute atomic E-state index is 12.1. The van der Waals surface area contributed by atoms with E-state index in [0.29, 0.717) is 0 Å². The first-order valence-electron chi connectivity index (χ1n) is 7.15. The maximum Gasteiger partial charge on any atom is 0.278 e. The van der Waals surface area contributed by atoms with Crippen molar-refractivity contribution in [2.75, 3.05) is 13.1 Å². The molecule has 4 nitrogen and oxygen atoms in total. The molecular weight excluding hydrogens is 226 g/mol. The van der Waals surface area contributed by atoms with Crippen LogP contribution in [0.5, 0.6) is 0 Å². The Balaban J connectivity index is 4.14. The van der Waals surface area contributed by atoms with E-state index in [1.165, 1.54) is 30.8 Å². The van der Waals surface area contributed by atoms with Crippen LogP contribution in [0, 0.1) is 0 Å². The van der Waals surface area contributed by atoms with Crippen LogP contribution < -0.4 is 10.9 Å². The summed E-state index contributed by atoms with van der Waals surface area (Å²) >= 11 is 0. The lowest BCUT2D eigenvalue weighted by Crippen LogP contribution is -2.52. The fraction of sp³-hybridized carbons (Fsp3) is 0.786. The Kier molecular flexibility index (Phi) is 10.7. The molecule has 0 spiro atoms. The van der Waals surface area contributed by atoms with Gasteiger partial charge in [-0.25, -0.2) is 16.0 Å². The smallest absolute Gasteiger partial charge is 0.267 e. The number of rotatable bonds is 10. The zero-order chi connectivity index (χ0) is 13.8. The fourth-order valence-corrected chi connectivity index (χ4v) is 1.67. The molecule has 0 aromatic carbocycles. The first-order valence-corrected chi connectivity index (χ1v) is 7.15. The van der Waals surface area contributed by atoms with Gasteiger partial charge in [-0.2, -0.15) is 0 Å². The highest BCUT2D eigenvalue weighted by atomic mass is 16.2. The third-order valence-corrected chi connectivity index (χ3v) is 2.68. The van der Waals surface area contributed by atoms with Crippen molar-refractivity contribution in [3.8, 4) is 0 Å². The predicted octanol–water partition coefficient (Wildman–Crippen LogP) is 2.78. The van der Waals surface area contributed by atoms with E-state index in [1.807, 2.05) is 26.8 Å². The molecule has 0 bridgehead atoms. The number of hydrogen-bond donors (Lipinski definition) is 2. The monoisotopic (exact) mass is 255 g/mol. The van der Waals surface area contributed by atoms with Crippen molar-refractivity contribution < 1.29 is 4.79 Å². The molecule has 106 valence electrons. The number of unbranched alkanes of at least 4 members (excludes halogenated alkanes) is 4. The van der Waals surface area contributed by atoms with Crippen molar-refractivity contribution in [2.24, 2.45) is 0 Å². The fourth-order valence-electron chi connectivity index (χ4n) is 1.67. The van der Waals surface area contributed by atoms with Gasteiger partial charge in [0, 0.05) is 18.7 Å². The molecule has 4 heteroatoms. The van der Waals surface area contributed by atoms with Gasteiger partial charge in [0.05, 0.1) is 0 Å². The van der Waals surface area contributed by atoms with E-state index < -0.39 is 0 Å². The molecule has 0 aromatic heterocycles. The summed E-state index contributed by atoms with van der Waals surface area (Å²) < 4.78 is 0. The van der Waals surface area contributed by atoms with Crippen LogP contribution in [-0.2, 0) is 4.79 Å². The molecule has 18 heavy (non-hydrogen) atoms. The number of carbonyl (C=O) groups is 1. The molecular formula is C14H29N3O. The molecule has 0 fully saturated rings. The van der Waals surface area contributed by atoms with E-state index in [9.17, 15) is 4.79 Å². The maximum atomic E-state index is 12.1. The normalized spacial score (nSPS) is 11.7. The molecule has 2 N–H and O–H groups in total. The van der Waals surface area contributed by atoms with Gasteiger partial charge in [0.15, 0.2) is 0 Å². The summed E-state index contributed by atoms with van der Waals surface area (Å²) in [7, 11) is 0. The Labute approximate surface area is 112 Å². The van der Waals surface area contributed by atoms with Crippen molar-refractivity contribution >= 4 is 5.91 Å². The number of nitrogens with zero attached hydrogens (tertiary/aromatic N) is 1. The quantitative estimate of drug-likeness (QED) is 0.358. The molecule has 0 rings (SSSR count). The average Bonchev–Trinajstić information content (AvgIpc) is 2.37. The standard InChI is InChI=1S/C14H29N3O/c1-5-8-9-10-11-12-13(4)14(18)17(15-6-2)16-7-3/h12,15-16H,5-11H2,1-4H3. The van der Waals surface area contributed by atoms with Gasteiger partial charge in [-0.1, -0.05) is 46.1 Å². The molecule has 0 aliphatic carbocycles. The highest BCUT2D eigenvalue weighted by Gasteiger charge is 2.12. The van der Waals surface area contributed by atoms with Crippen LogP contribution in [0.25, 0.3) is 0 Å². The number of amides is 1. The van der Waals surface area contributed by atoms with Crippen LogP contribution in [0.3, 0.4) is 0 Å². The Bertz CT molecular complexity index is 245. The van der Waals surface area contributed by atoms with E-state index >= 15 is 0 Å². The van der Waals surface area contributed by atoms with E-state index in [1.54, 1.807) is 0 Å². The number of nitrogens with one attached hydrogen (secondary N) is 2. The van der Waals surface area contributed by atoms with Gasteiger partial charge in [0.2, 0.25) is 0 Å². The van der Waals surface area contributed by atoms with Gasteiger partial charge in [-0.05, 0) is 19.8 Å². The molecule has 0 aliphatic rings. The van der Waals surface area contributed by atoms with Gasteiger partial charge < -0.3 is 0 Å². The molecule has 0 unspecified atom stereocenters. The zero-order valence-corrected chi connectivity index (χ0v) is 12.4. The van der Waals surface area contributed by atoms with Gasteiger partial charge in [-0.3, -0.25) is 4.79 Å². The van der Waals surface area contributed by atoms with Crippen LogP contribution in [0.2, 0.25) is 0 Å². The van der Waals surface area contributed by atoms with Crippen LogP contribution in [0.4, 0.5) is 0 Å². The average molecular weight is 255 g/mol. The lowest BCUT2D eigenvalue weighted by atomic mass is 10.1. The Morgan fingerprint density at radius 3 is 2.17 bits per heavy atom. The molecule has 1 amide bonds. The highest BCUT2D eigenvalue weighted by Crippen LogP contribution is 2.06. The van der Waals surface area contributed by atoms with Crippen molar-refractivity contribution in [1.29, 1.82) is 0 Å². The lowest BCUT2D eigenvalue weighted by Gasteiger charge is -2.23. The minimum Gasteiger partial charge on any atom is -0.267 e. The minimum absolute atomic E-state index is 0.00851. The largest absolute Gasteiger partial charge is 0.278 e. The van der Waals surface area contributed by atoms with Crippen LogP contribution in [-0.4, -0.2) is 24.1 Å². The highest BCUT2D eigenvalue weighted by molar-refractivity contribution is 5.92. The second-order valence-electron chi connectivity index (χ2n) is 4.40. The predicted molar refractivity (Wildman–Crippen MR) is 76.7 cm³/mol. The first-order chi connectivity index (χ1) is 8.67. The SMILES string of the molecule is CCCCCCC=C(C)C(=O)N(NCC)NCC. The summed E-state index contributed by atoms with van der Waals surface area (Å²) in [6, 6.07) is 0. The van der Waals surface area contributed by atoms with Gasteiger partial charge >= 0.3 is 0 Å². The van der Waals surface area contributed by atoms with Crippen molar-refractivity contribution in [3.63, 3.8) is 0 Å². The van der Waals surface area contributed by atoms with Gasteiger partial charge in [-0.15, -0.1) is 0 Å². The van der Waals surface area contributed by atoms with Gasteiger partial charge in [0.1, 0.15) is 0 Å². The minimum atomic E-state index is 0.00851. The van der Waals surface area contributed by atoms with Crippen molar-refractivity contribution in [2.45, 2.75) is 59.8 Å². The molecule has 0 heterocycles. The van der Waals surface area contributed by atoms with Crippen LogP contribution in [0.1, 0.15) is 59.8 Å². The molecule has 0 atom stereocenters. The lowest BCUT2D eigenvalue weighted by molar-refractivity contribution is -0.134. The zero-order valence-electron chi connectivity index (χ0n) is 12.4. The van der Waals surface area contributed by atoms with E-state index in [2.05, 4.69) is 17.8 Å². The first kappa shape index (κ1) is 17.1. The molecule has 0 aromatic rings. The van der Waals surface area contributed by atoms with Crippen molar-refractivity contribution in [1.82, 2.24) is 16.0 Å². The van der Waals surface area contributed by atoms with E-state index in [4.69, 9.17) is 0 Å². The summed E-state index contributed by atoms with van der Waals surface area (Å²) in [5, 5.41) is 1.48. The Hall–Kier alpha value is -0.870. The van der Waals surface area contributed by atoms with E-state index in [0.717, 1.165) is 25.1 Å². The van der Waals surface area contributed by atoms with Gasteiger partial charge in [0.25, 0.3) is 5.91 Å². The summed E-state index contributed by atoms with van der Waals surface area (Å²) in [5.74, 6) is 0.00851. The number of hydrogen-bond acceptors (Lipinski definition) is 3. The Morgan fingerprint density at radius 1 is 1.06 bits per heavy atom. The number of hydrazine groups is 2. The van der Waals surface area contributed by atoms with Crippen LogP contribution >= 0.6 is 0 Å². The van der Waals surface area contributed by atoms with E-state index in [-0.39, 0.29) is 5.91 Å². The second kappa shape index (κ2) is 11.2. The summed E-state index contributed by atoms with van der Waals surface area (Å²) in [4.78, 5) is 12.1. The second-order valence-corrected chi connectivity index (χ2v) is 4.40. The molecule has 0 aliphatic heterocycles. The summed E-state index contributed by atoms with van der Waals surface area (Å²) in [6.45, 7) is 9.48. The molecule has 0 radical (unpaired) electrons. The summed E-state index contributed by atoms with van der Waals surface area (Å²) in [6.07, 6.45) is 7.97. The summed E-state index contributed by atoms with van der Waals surface area (Å²) in [5.41, 5.74) is 6.81. The third-order valence-electron chi connectivity index (χ3n) is 2.68. The molecule has 0 saturated heterocycles. The third kappa shape index (κ3) is 7.45. The Morgan fingerprint density at radius 2 is 1.67 bits per heavy atom. The molecule has 0 saturated carbocycles. The topological polar surface area (TPSA) is 44.4 Å². The number of allylic oxidation sites excluding steroid dienone is 1. The van der Waals surface area contributed by atoms with Crippen molar-refractivity contribution in [3.05, 3.63) is 11.6 Å². The number of carbonyl (C=O) groups excluding carboxylic acids is 1. The van der Waals surface area contributed by atoms with Crippen LogP contribution in [0.15, 0.2) is 11.6 Å².